The highest BCUT2D eigenvalue weighted by Gasteiger charge is 2.28. The third kappa shape index (κ3) is 3.49. The number of sulfonamides is 1. The Morgan fingerprint density at radius 3 is 2.57 bits per heavy atom. The first-order valence-corrected chi connectivity index (χ1v) is 9.08. The van der Waals surface area contributed by atoms with Gasteiger partial charge in [0.2, 0.25) is 10.0 Å². The molecule has 7 nitrogen and oxygen atoms in total. The van der Waals surface area contributed by atoms with Crippen LogP contribution in [0.1, 0.15) is 15.9 Å². The van der Waals surface area contributed by atoms with Gasteiger partial charge in [-0.3, -0.25) is 0 Å². The second-order valence-electron chi connectivity index (χ2n) is 4.67. The van der Waals surface area contributed by atoms with Crippen LogP contribution in [0.15, 0.2) is 34.6 Å². The molecule has 2 rings (SSSR count). The molecule has 0 spiro atoms. The summed E-state index contributed by atoms with van der Waals surface area (Å²) in [7, 11) is -7.39. The fourth-order valence-electron chi connectivity index (χ4n) is 1.93. The molecule has 114 valence electrons. The highest BCUT2D eigenvalue weighted by Crippen LogP contribution is 2.19. The fraction of sp³-hybridized carbons (Fsp3) is 0.250. The Morgan fingerprint density at radius 2 is 2.05 bits per heavy atom. The van der Waals surface area contributed by atoms with E-state index in [0.29, 0.717) is 5.56 Å². The van der Waals surface area contributed by atoms with Gasteiger partial charge in [-0.15, -0.1) is 0 Å². The van der Waals surface area contributed by atoms with E-state index in [2.05, 4.69) is 4.72 Å². The fourth-order valence-corrected chi connectivity index (χ4v) is 4.74. The van der Waals surface area contributed by atoms with E-state index >= 15 is 0 Å². The van der Waals surface area contributed by atoms with Crippen LogP contribution in [0.5, 0.6) is 0 Å². The number of hydrogen-bond acceptors (Lipinski definition) is 5. The smallest absolute Gasteiger partial charge is 0.335 e. The maximum atomic E-state index is 12.3. The number of nitrogens with one attached hydrogen (secondary N) is 1. The van der Waals surface area contributed by atoms with Crippen LogP contribution in [-0.2, 0) is 19.9 Å². The molecule has 1 aliphatic heterocycles. The molecule has 1 heterocycles. The Balaban J connectivity index is 2.34. The van der Waals surface area contributed by atoms with Crippen LogP contribution in [0.25, 0.3) is 0 Å². The average Bonchev–Trinajstić information content (AvgIpc) is 2.67. The van der Waals surface area contributed by atoms with Gasteiger partial charge in [-0.1, -0.05) is 12.1 Å². The van der Waals surface area contributed by atoms with Gasteiger partial charge >= 0.3 is 5.97 Å². The molecular weight excluding hydrogens is 318 g/mol. The molecule has 1 unspecified atom stereocenters. The van der Waals surface area contributed by atoms with E-state index in [1.54, 1.807) is 0 Å². The lowest BCUT2D eigenvalue weighted by Gasteiger charge is -2.13. The predicted molar refractivity (Wildman–Crippen MR) is 75.2 cm³/mol. The van der Waals surface area contributed by atoms with Crippen molar-refractivity contribution >= 4 is 25.8 Å². The summed E-state index contributed by atoms with van der Waals surface area (Å²) in [6, 6.07) is 2.89. The van der Waals surface area contributed by atoms with Gasteiger partial charge in [0, 0.05) is 5.41 Å². The number of benzene rings is 1. The largest absolute Gasteiger partial charge is 0.478 e. The standard InChI is InChI=1S/C12H13NO6S2/c1-8-2-3-9(12(14)15)6-11(8)21(18,19)13-10-4-5-20(16,17)7-10/h2-6,10,13H,7H2,1H3,(H,14,15). The molecule has 0 bridgehead atoms. The summed E-state index contributed by atoms with van der Waals surface area (Å²) in [6.45, 7) is 1.53. The first-order chi connectivity index (χ1) is 9.61. The molecule has 2 N–H and O–H groups in total. The zero-order chi connectivity index (χ0) is 15.8. The lowest BCUT2D eigenvalue weighted by atomic mass is 10.1. The van der Waals surface area contributed by atoms with Crippen molar-refractivity contribution in [1.29, 1.82) is 0 Å². The predicted octanol–water partition coefficient (Wildman–Crippen LogP) is 0.282. The van der Waals surface area contributed by atoms with Crippen LogP contribution in [0.2, 0.25) is 0 Å². The summed E-state index contributed by atoms with van der Waals surface area (Å²) in [5.41, 5.74) is 0.216. The van der Waals surface area contributed by atoms with E-state index in [-0.39, 0.29) is 16.2 Å². The molecule has 0 aromatic heterocycles. The molecule has 0 amide bonds. The third-order valence-electron chi connectivity index (χ3n) is 2.96. The molecule has 21 heavy (non-hydrogen) atoms. The van der Waals surface area contributed by atoms with Crippen molar-refractivity contribution in [2.75, 3.05) is 5.75 Å². The van der Waals surface area contributed by atoms with Crippen LogP contribution in [-0.4, -0.2) is 39.7 Å². The van der Waals surface area contributed by atoms with Crippen molar-refractivity contribution in [2.24, 2.45) is 0 Å². The highest BCUT2D eigenvalue weighted by molar-refractivity contribution is 7.94. The summed E-state index contributed by atoms with van der Waals surface area (Å²) < 4.78 is 49.3. The second kappa shape index (κ2) is 5.24. The van der Waals surface area contributed by atoms with Crippen molar-refractivity contribution < 1.29 is 26.7 Å². The number of hydrogen-bond donors (Lipinski definition) is 2. The average molecular weight is 331 g/mol. The summed E-state index contributed by atoms with van der Waals surface area (Å²) in [6.07, 6.45) is 1.25. The topological polar surface area (TPSA) is 118 Å². The van der Waals surface area contributed by atoms with Crippen LogP contribution < -0.4 is 4.72 Å². The van der Waals surface area contributed by atoms with E-state index in [9.17, 15) is 21.6 Å². The molecular formula is C12H13NO6S2. The maximum absolute atomic E-state index is 12.3. The van der Waals surface area contributed by atoms with E-state index in [0.717, 1.165) is 11.5 Å². The first kappa shape index (κ1) is 15.7. The molecule has 1 aliphatic rings. The van der Waals surface area contributed by atoms with Gasteiger partial charge < -0.3 is 5.11 Å². The van der Waals surface area contributed by atoms with Crippen molar-refractivity contribution in [3.05, 3.63) is 40.8 Å². The normalized spacial score (nSPS) is 20.5. The first-order valence-electron chi connectivity index (χ1n) is 5.88. The lowest BCUT2D eigenvalue weighted by molar-refractivity contribution is 0.0696. The van der Waals surface area contributed by atoms with Crippen LogP contribution in [0, 0.1) is 6.92 Å². The quantitative estimate of drug-likeness (QED) is 0.818. The summed E-state index contributed by atoms with van der Waals surface area (Å²) in [5.74, 6) is -1.58. The van der Waals surface area contributed by atoms with Gasteiger partial charge in [0.25, 0.3) is 0 Å². The van der Waals surface area contributed by atoms with Crippen molar-refractivity contribution in [1.82, 2.24) is 4.72 Å². The number of sulfone groups is 1. The van der Waals surface area contributed by atoms with Crippen LogP contribution >= 0.6 is 0 Å². The summed E-state index contributed by atoms with van der Waals surface area (Å²) in [5, 5.41) is 9.87. The minimum atomic E-state index is -4.01. The number of rotatable bonds is 4. The Hall–Kier alpha value is -1.71. The van der Waals surface area contributed by atoms with E-state index < -0.39 is 31.9 Å². The molecule has 0 fully saturated rings. The Labute approximate surface area is 122 Å². The van der Waals surface area contributed by atoms with Crippen molar-refractivity contribution in [3.8, 4) is 0 Å². The zero-order valence-corrected chi connectivity index (χ0v) is 12.6. The summed E-state index contributed by atoms with van der Waals surface area (Å²) in [4.78, 5) is 10.7. The Morgan fingerprint density at radius 1 is 1.38 bits per heavy atom. The van der Waals surface area contributed by atoms with E-state index in [1.165, 1.54) is 25.1 Å². The minimum absolute atomic E-state index is 0.157. The van der Waals surface area contributed by atoms with E-state index in [4.69, 9.17) is 5.11 Å². The molecule has 1 atom stereocenters. The molecule has 1 aromatic carbocycles. The van der Waals surface area contributed by atoms with Gasteiger partial charge in [-0.2, -0.15) is 0 Å². The van der Waals surface area contributed by atoms with Crippen LogP contribution in [0.3, 0.4) is 0 Å². The monoisotopic (exact) mass is 331 g/mol. The van der Waals surface area contributed by atoms with Crippen molar-refractivity contribution in [2.45, 2.75) is 17.9 Å². The molecule has 0 radical (unpaired) electrons. The van der Waals surface area contributed by atoms with Gasteiger partial charge in [0.15, 0.2) is 9.84 Å². The van der Waals surface area contributed by atoms with Crippen molar-refractivity contribution in [3.63, 3.8) is 0 Å². The lowest BCUT2D eigenvalue weighted by Crippen LogP contribution is -2.35. The number of carboxylic acids is 1. The molecule has 1 aromatic rings. The number of aryl methyl sites for hydroxylation is 1. The third-order valence-corrected chi connectivity index (χ3v) is 5.99. The number of aromatic carboxylic acids is 1. The maximum Gasteiger partial charge on any atom is 0.335 e. The van der Waals surface area contributed by atoms with Gasteiger partial charge in [0.05, 0.1) is 22.3 Å². The van der Waals surface area contributed by atoms with E-state index in [1.807, 2.05) is 0 Å². The molecule has 9 heteroatoms. The van der Waals surface area contributed by atoms with Gasteiger partial charge in [-0.05, 0) is 24.6 Å². The zero-order valence-electron chi connectivity index (χ0n) is 11.0. The van der Waals surface area contributed by atoms with Crippen LogP contribution in [0.4, 0.5) is 0 Å². The molecule has 0 aliphatic carbocycles. The highest BCUT2D eigenvalue weighted by atomic mass is 32.2. The number of carboxylic acid groups (broad SMARTS) is 1. The summed E-state index contributed by atoms with van der Waals surface area (Å²) >= 11 is 0. The number of carbonyl (C=O) groups is 1. The van der Waals surface area contributed by atoms with Gasteiger partial charge in [-0.25, -0.2) is 26.4 Å². The Bertz CT molecular complexity index is 823. The SMILES string of the molecule is Cc1ccc(C(=O)O)cc1S(=O)(=O)NC1C=CS(=O)(=O)C1. The minimum Gasteiger partial charge on any atom is -0.478 e. The molecule has 0 saturated carbocycles. The van der Waals surface area contributed by atoms with Gasteiger partial charge in [0.1, 0.15) is 0 Å². The molecule has 0 saturated heterocycles. The Kier molecular flexibility index (Phi) is 3.91. The second-order valence-corrected chi connectivity index (χ2v) is 8.28.